The predicted octanol–water partition coefficient (Wildman–Crippen LogP) is 9.97. The first kappa shape index (κ1) is 34.0. The summed E-state index contributed by atoms with van der Waals surface area (Å²) in [6.07, 6.45) is 6.38. The second-order valence-corrected chi connectivity index (χ2v) is 11.3. The Morgan fingerprint density at radius 3 is 2.43 bits per heavy atom. The molecule has 1 atom stereocenters. The van der Waals surface area contributed by atoms with Crippen LogP contribution in [-0.2, 0) is 4.79 Å². The molecule has 0 amide bonds. The molecule has 6 nitrogen and oxygen atoms in total. The van der Waals surface area contributed by atoms with Gasteiger partial charge in [0, 0.05) is 22.9 Å². The third kappa shape index (κ3) is 8.10. The summed E-state index contributed by atoms with van der Waals surface area (Å²) in [4.78, 5) is 19.4. The molecule has 2 heterocycles. The highest BCUT2D eigenvalue weighted by atomic mass is 19.1. The Balaban J connectivity index is 0.000000245. The van der Waals surface area contributed by atoms with Crippen molar-refractivity contribution in [2.45, 2.75) is 74.7 Å². The van der Waals surface area contributed by atoms with E-state index in [2.05, 4.69) is 49.8 Å². The van der Waals surface area contributed by atoms with Crippen LogP contribution in [0.15, 0.2) is 81.5 Å². The van der Waals surface area contributed by atoms with E-state index in [1.54, 1.807) is 18.3 Å². The van der Waals surface area contributed by atoms with E-state index in [0.29, 0.717) is 34.8 Å². The first-order valence-corrected chi connectivity index (χ1v) is 15.0. The van der Waals surface area contributed by atoms with E-state index in [1.165, 1.54) is 35.5 Å². The smallest absolute Gasteiger partial charge is 0.299 e. The van der Waals surface area contributed by atoms with Gasteiger partial charge in [-0.05, 0) is 100 Å². The highest BCUT2D eigenvalue weighted by Crippen LogP contribution is 2.39. The van der Waals surface area contributed by atoms with Crippen molar-refractivity contribution >= 4 is 40.1 Å². The molecule has 2 aromatic carbocycles. The van der Waals surface area contributed by atoms with E-state index < -0.39 is 0 Å². The van der Waals surface area contributed by atoms with Gasteiger partial charge in [-0.25, -0.2) is 14.4 Å². The van der Waals surface area contributed by atoms with E-state index in [9.17, 15) is 9.18 Å². The summed E-state index contributed by atoms with van der Waals surface area (Å²) in [6, 6.07) is 15.0. The number of carbonyl (C=O) groups is 1. The highest BCUT2D eigenvalue weighted by Gasteiger charge is 2.21. The number of ether oxygens (including phenoxy) is 1. The minimum atomic E-state index is -0.330. The number of para-hydroxylation sites is 1. The molecule has 0 fully saturated rings. The van der Waals surface area contributed by atoms with Gasteiger partial charge in [0.05, 0.1) is 23.2 Å². The third-order valence-electron chi connectivity index (χ3n) is 7.66. The molecular formula is C37H44FN3O3. The topological polar surface area (TPSA) is 90.7 Å². The van der Waals surface area contributed by atoms with Crippen molar-refractivity contribution in [1.29, 1.82) is 0 Å². The monoisotopic (exact) mass is 597 g/mol. The molecule has 232 valence electrons. The third-order valence-corrected chi connectivity index (χ3v) is 7.66. The van der Waals surface area contributed by atoms with E-state index >= 15 is 0 Å². The maximum absolute atomic E-state index is 14.2. The number of nitrogens with zero attached hydrogens (tertiary/aromatic N) is 2. The van der Waals surface area contributed by atoms with Gasteiger partial charge in [0.1, 0.15) is 11.4 Å². The fraction of sp³-hybridized carbons (Fsp3) is 0.324. The molecule has 4 aromatic rings. The maximum atomic E-state index is 14.2. The van der Waals surface area contributed by atoms with E-state index in [0.717, 1.165) is 40.8 Å². The molecule has 4 rings (SSSR count). The summed E-state index contributed by atoms with van der Waals surface area (Å²) in [7, 11) is 0. The van der Waals surface area contributed by atoms with E-state index in [-0.39, 0.29) is 11.7 Å². The van der Waals surface area contributed by atoms with Crippen LogP contribution < -0.4 is 10.5 Å². The van der Waals surface area contributed by atoms with Crippen LogP contribution in [0.2, 0.25) is 0 Å². The largest absolute Gasteiger partial charge is 0.464 e. The number of hydrogen-bond acceptors (Lipinski definition) is 5. The molecule has 44 heavy (non-hydrogen) atoms. The van der Waals surface area contributed by atoms with Gasteiger partial charge in [0.15, 0.2) is 0 Å². The van der Waals surface area contributed by atoms with Crippen molar-refractivity contribution in [1.82, 2.24) is 4.98 Å². The Labute approximate surface area is 260 Å². The zero-order chi connectivity index (χ0) is 32.4. The number of hydrogen-bond donors (Lipinski definition) is 1. The zero-order valence-corrected chi connectivity index (χ0v) is 27.1. The minimum absolute atomic E-state index is 0.201. The van der Waals surface area contributed by atoms with E-state index in [1.807, 2.05) is 45.9 Å². The molecule has 0 aliphatic carbocycles. The number of aryl methyl sites for hydroxylation is 1. The van der Waals surface area contributed by atoms with Crippen LogP contribution in [-0.4, -0.2) is 17.3 Å². The number of pyridine rings is 1. The van der Waals surface area contributed by atoms with Crippen LogP contribution in [0.3, 0.4) is 0 Å². The van der Waals surface area contributed by atoms with Gasteiger partial charge >= 0.3 is 0 Å². The number of aromatic nitrogens is 1. The second-order valence-electron chi connectivity index (χ2n) is 11.3. The normalized spacial score (nSPS) is 12.6. The van der Waals surface area contributed by atoms with Gasteiger partial charge in [-0.2, -0.15) is 0 Å². The van der Waals surface area contributed by atoms with Crippen LogP contribution in [0.4, 0.5) is 10.1 Å². The lowest BCUT2D eigenvalue weighted by Crippen LogP contribution is -2.05. The Hall–Kier alpha value is -4.52. The van der Waals surface area contributed by atoms with Gasteiger partial charge in [0.25, 0.3) is 6.47 Å². The molecule has 0 saturated heterocycles. The predicted molar refractivity (Wildman–Crippen MR) is 180 cm³/mol. The Morgan fingerprint density at radius 1 is 1.09 bits per heavy atom. The molecular weight excluding hydrogens is 553 g/mol. The van der Waals surface area contributed by atoms with Crippen molar-refractivity contribution in [2.24, 2.45) is 16.6 Å². The molecule has 2 aromatic heterocycles. The van der Waals surface area contributed by atoms with Gasteiger partial charge < -0.3 is 14.9 Å². The molecule has 0 bridgehead atoms. The number of allylic oxidation sites excluding steroid dienone is 3. The lowest BCUT2D eigenvalue weighted by molar-refractivity contribution is -0.120. The number of nitrogens with two attached hydrogens (primary N) is 1. The number of carbonyl (C=O) groups excluding carboxylic acids is 1. The van der Waals surface area contributed by atoms with Gasteiger partial charge in [0.2, 0.25) is 5.88 Å². The summed E-state index contributed by atoms with van der Waals surface area (Å²) in [5, 5.41) is 0.413. The van der Waals surface area contributed by atoms with Crippen molar-refractivity contribution in [3.63, 3.8) is 0 Å². The first-order chi connectivity index (χ1) is 21.0. The number of fused-ring (bicyclic) bond motifs is 1. The summed E-state index contributed by atoms with van der Waals surface area (Å²) in [5.74, 6) is 1.16. The van der Waals surface area contributed by atoms with Crippen LogP contribution in [0, 0.1) is 18.7 Å². The number of benzene rings is 2. The molecule has 0 aliphatic rings. The fourth-order valence-corrected chi connectivity index (χ4v) is 5.13. The van der Waals surface area contributed by atoms with Crippen LogP contribution >= 0.6 is 0 Å². The Bertz CT molecular complexity index is 1690. The average Bonchev–Trinajstić information content (AvgIpc) is 3.49. The SMILES string of the molecule is CC(C)=C(c1cccnc1OC=O)c1c(C)cc(F)c2ccoc12.CC/C(C)=C(\CC(C)CC)c1ccccc1N=C(C)N. The van der Waals surface area contributed by atoms with Gasteiger partial charge in [-0.3, -0.25) is 4.79 Å². The van der Waals surface area contributed by atoms with Crippen LogP contribution in [0.5, 0.6) is 5.88 Å². The molecule has 2 N–H and O–H groups in total. The fourth-order valence-electron chi connectivity index (χ4n) is 5.13. The summed E-state index contributed by atoms with van der Waals surface area (Å²) in [5.41, 5.74) is 15.2. The standard InChI is InChI=1S/C19H16FNO3.C18H28N2/c1-11(2)16(14-5-4-7-21-19(14)24-10-22)17-12(3)9-15(20)13-6-8-23-18(13)17;1-6-13(3)12-17(14(4)7-2)16-10-8-9-11-18(16)20-15(5)19/h4-10H,1-3H3;8-11,13H,6-7,12H2,1-5H3,(H2,19,20)/b;17-14+. The molecule has 0 aliphatic heterocycles. The Kier molecular flexibility index (Phi) is 12.2. The molecule has 7 heteroatoms. The van der Waals surface area contributed by atoms with Crippen molar-refractivity contribution in [3.8, 4) is 5.88 Å². The van der Waals surface area contributed by atoms with Crippen molar-refractivity contribution in [3.05, 3.63) is 100 Å². The average molecular weight is 598 g/mol. The van der Waals surface area contributed by atoms with Crippen LogP contribution in [0.1, 0.15) is 90.0 Å². The van der Waals surface area contributed by atoms with E-state index in [4.69, 9.17) is 14.9 Å². The lowest BCUT2D eigenvalue weighted by atomic mass is 9.89. The van der Waals surface area contributed by atoms with Crippen molar-refractivity contribution in [2.75, 3.05) is 0 Å². The van der Waals surface area contributed by atoms with Gasteiger partial charge in [-0.15, -0.1) is 0 Å². The Morgan fingerprint density at radius 2 is 1.80 bits per heavy atom. The number of aliphatic imine (C=N–C) groups is 1. The van der Waals surface area contributed by atoms with Crippen LogP contribution in [0.25, 0.3) is 22.1 Å². The summed E-state index contributed by atoms with van der Waals surface area (Å²) < 4.78 is 24.7. The highest BCUT2D eigenvalue weighted by molar-refractivity contribution is 5.98. The number of rotatable bonds is 10. The molecule has 0 saturated carbocycles. The molecule has 0 spiro atoms. The quantitative estimate of drug-likeness (QED) is 0.112. The number of halogens is 1. The second kappa shape index (κ2) is 15.8. The number of furan rings is 1. The van der Waals surface area contributed by atoms with Gasteiger partial charge in [-0.1, -0.05) is 56.5 Å². The number of amidine groups is 1. The maximum Gasteiger partial charge on any atom is 0.299 e. The zero-order valence-electron chi connectivity index (χ0n) is 27.1. The first-order valence-electron chi connectivity index (χ1n) is 15.0. The summed E-state index contributed by atoms with van der Waals surface area (Å²) >= 11 is 0. The molecule has 0 radical (unpaired) electrons. The van der Waals surface area contributed by atoms with Crippen molar-refractivity contribution < 1.29 is 18.3 Å². The molecule has 1 unspecified atom stereocenters. The lowest BCUT2D eigenvalue weighted by Gasteiger charge is -2.18. The summed E-state index contributed by atoms with van der Waals surface area (Å²) in [6.45, 7) is 16.9. The minimum Gasteiger partial charge on any atom is -0.464 e.